The van der Waals surface area contributed by atoms with Gasteiger partial charge in [0.15, 0.2) is 6.10 Å². The number of hydrogen-bond donors (Lipinski definition) is 5. The van der Waals surface area contributed by atoms with E-state index in [9.17, 15) is 34.5 Å². The van der Waals surface area contributed by atoms with Crippen molar-refractivity contribution < 1.29 is 39.2 Å². The lowest BCUT2D eigenvalue weighted by Gasteiger charge is -2.35. The van der Waals surface area contributed by atoms with Crippen LogP contribution in [0.25, 0.3) is 0 Å². The molecule has 0 radical (unpaired) electrons. The lowest BCUT2D eigenvalue weighted by molar-refractivity contribution is -0.167. The Morgan fingerprint density at radius 3 is 2.11 bits per heavy atom. The Kier molecular flexibility index (Phi) is 9.95. The van der Waals surface area contributed by atoms with E-state index >= 15 is 0 Å². The summed E-state index contributed by atoms with van der Waals surface area (Å²) in [6.07, 6.45) is -4.18. The van der Waals surface area contributed by atoms with E-state index in [0.29, 0.717) is 0 Å². The Bertz CT molecular complexity index is 545. The van der Waals surface area contributed by atoms with Gasteiger partial charge in [-0.1, -0.05) is 13.8 Å². The van der Waals surface area contributed by atoms with Gasteiger partial charge in [-0.2, -0.15) is 0 Å². The molecular weight excluding hydrogens is 360 g/mol. The molecule has 0 aliphatic carbocycles. The number of carbonyl (C=O) groups is 4. The number of hydrogen-bond acceptors (Lipinski definition) is 7. The van der Waals surface area contributed by atoms with Crippen LogP contribution in [-0.4, -0.2) is 63.9 Å². The van der Waals surface area contributed by atoms with E-state index in [-0.39, 0.29) is 25.8 Å². The van der Waals surface area contributed by atoms with Gasteiger partial charge in [-0.05, 0) is 20.3 Å². The van der Waals surface area contributed by atoms with Gasteiger partial charge in [0, 0.05) is 18.4 Å². The topological polar surface area (TPSA) is 176 Å². The summed E-state index contributed by atoms with van der Waals surface area (Å²) in [5, 5.41) is 30.7. The molecule has 0 aromatic heterocycles. The number of aliphatic hydroxyl groups is 2. The first-order valence-corrected chi connectivity index (χ1v) is 8.62. The van der Waals surface area contributed by atoms with Crippen LogP contribution in [0.2, 0.25) is 0 Å². The fourth-order valence-electron chi connectivity index (χ4n) is 2.53. The Balaban J connectivity index is 5.44. The maximum atomic E-state index is 12.5. The lowest BCUT2D eigenvalue weighted by atomic mass is 9.76. The lowest BCUT2D eigenvalue weighted by Crippen LogP contribution is -2.49. The number of aliphatic hydroxyl groups excluding tert-OH is 2. The quantitative estimate of drug-likeness (QED) is 0.268. The monoisotopic (exact) mass is 390 g/mol. The van der Waals surface area contributed by atoms with E-state index in [1.165, 1.54) is 27.7 Å². The van der Waals surface area contributed by atoms with Crippen molar-refractivity contribution in [3.05, 3.63) is 0 Å². The minimum absolute atomic E-state index is 0.0759. The highest BCUT2D eigenvalue weighted by Gasteiger charge is 2.42. The number of rotatable bonds is 12. The van der Waals surface area contributed by atoms with Crippen LogP contribution < -0.4 is 11.1 Å². The molecule has 0 spiro atoms. The molecule has 0 bridgehead atoms. The zero-order valence-corrected chi connectivity index (χ0v) is 16.1. The van der Waals surface area contributed by atoms with Crippen LogP contribution in [-0.2, 0) is 23.9 Å². The summed E-state index contributed by atoms with van der Waals surface area (Å²) in [6, 6.07) is 0. The maximum Gasteiger partial charge on any atom is 0.309 e. The Hall–Kier alpha value is -2.20. The number of nitrogens with two attached hydrogens (primary N) is 1. The van der Waals surface area contributed by atoms with Gasteiger partial charge in [-0.15, -0.1) is 0 Å². The van der Waals surface area contributed by atoms with Crippen molar-refractivity contribution in [3.8, 4) is 0 Å². The molecular formula is C17H30N2O8. The number of aliphatic carboxylic acids is 1. The zero-order valence-electron chi connectivity index (χ0n) is 16.1. The second-order valence-corrected chi connectivity index (χ2v) is 7.31. The van der Waals surface area contributed by atoms with Gasteiger partial charge in [0.25, 0.3) is 5.91 Å². The number of nitrogens with one attached hydrogen (secondary N) is 1. The summed E-state index contributed by atoms with van der Waals surface area (Å²) in [5.41, 5.74) is 3.85. The van der Waals surface area contributed by atoms with Gasteiger partial charge in [0.1, 0.15) is 0 Å². The number of esters is 1. The number of primary amides is 1. The molecule has 0 aromatic carbocycles. The van der Waals surface area contributed by atoms with Crippen molar-refractivity contribution in [2.24, 2.45) is 17.1 Å². The van der Waals surface area contributed by atoms with E-state index in [1.54, 1.807) is 0 Å². The summed E-state index contributed by atoms with van der Waals surface area (Å²) in [7, 11) is 0. The molecule has 0 aliphatic heterocycles. The highest BCUT2D eigenvalue weighted by Crippen LogP contribution is 2.33. The Labute approximate surface area is 158 Å². The summed E-state index contributed by atoms with van der Waals surface area (Å²) in [6.45, 7) is 5.67. The first kappa shape index (κ1) is 24.8. The number of amides is 2. The predicted molar refractivity (Wildman–Crippen MR) is 94.2 cm³/mol. The second-order valence-electron chi connectivity index (χ2n) is 7.31. The van der Waals surface area contributed by atoms with E-state index in [0.717, 1.165) is 0 Å². The van der Waals surface area contributed by atoms with Crippen LogP contribution in [0.1, 0.15) is 47.0 Å². The number of carbonyl (C=O) groups excluding carboxylic acids is 3. The van der Waals surface area contributed by atoms with Crippen molar-refractivity contribution in [3.63, 3.8) is 0 Å². The van der Waals surface area contributed by atoms with Crippen LogP contribution in [0.5, 0.6) is 0 Å². The normalized spacial score (nSPS) is 15.9. The number of carboxylic acid groups (broad SMARTS) is 1. The molecule has 10 heteroatoms. The van der Waals surface area contributed by atoms with Crippen molar-refractivity contribution in [1.29, 1.82) is 0 Å². The minimum atomic E-state index is -1.39. The Morgan fingerprint density at radius 1 is 1.15 bits per heavy atom. The number of ether oxygens (including phenoxy) is 1. The third-order valence-corrected chi connectivity index (χ3v) is 3.98. The fourth-order valence-corrected chi connectivity index (χ4v) is 2.53. The van der Waals surface area contributed by atoms with Gasteiger partial charge in [0.2, 0.25) is 5.91 Å². The van der Waals surface area contributed by atoms with E-state index < -0.39 is 53.4 Å². The first-order valence-electron chi connectivity index (χ1n) is 8.62. The molecule has 6 N–H and O–H groups in total. The molecule has 10 nitrogen and oxygen atoms in total. The predicted octanol–water partition coefficient (Wildman–Crippen LogP) is -0.841. The summed E-state index contributed by atoms with van der Waals surface area (Å²) >= 11 is 0. The molecule has 0 aromatic rings. The molecule has 0 rings (SSSR count). The van der Waals surface area contributed by atoms with E-state index in [2.05, 4.69) is 5.32 Å². The highest BCUT2D eigenvalue weighted by atomic mass is 16.5. The molecule has 0 heterocycles. The molecule has 0 fully saturated rings. The average molecular weight is 390 g/mol. The largest absolute Gasteiger partial charge is 0.481 e. The average Bonchev–Trinajstić information content (AvgIpc) is 2.48. The van der Waals surface area contributed by atoms with E-state index in [1.807, 2.05) is 0 Å². The van der Waals surface area contributed by atoms with Crippen molar-refractivity contribution in [2.75, 3.05) is 6.54 Å². The number of carboxylic acids is 1. The van der Waals surface area contributed by atoms with E-state index in [4.69, 9.17) is 10.5 Å². The standard InChI is InChI=1S/C17H30N2O8/c1-9(20)7-13(23)27-14(15(24)19-6-5-12(18)22)17(3,4)8-11(10(2)21)16(25)26/h9-11,14,20-21H,5-8H2,1-4H3,(H2,18,22)(H,19,24)(H,25,26)/t9-,10-,11?,14+/m1/s1. The van der Waals surface area contributed by atoms with Crippen LogP contribution in [0, 0.1) is 11.3 Å². The molecule has 2 amide bonds. The fraction of sp³-hybridized carbons (Fsp3) is 0.765. The highest BCUT2D eigenvalue weighted by molar-refractivity contribution is 5.85. The smallest absolute Gasteiger partial charge is 0.309 e. The van der Waals surface area contributed by atoms with Crippen molar-refractivity contribution in [1.82, 2.24) is 5.32 Å². The third kappa shape index (κ3) is 9.34. The molecule has 0 saturated carbocycles. The van der Waals surface area contributed by atoms with Gasteiger partial charge in [0.05, 0.1) is 24.5 Å². The van der Waals surface area contributed by atoms with Crippen LogP contribution in [0.3, 0.4) is 0 Å². The molecule has 27 heavy (non-hydrogen) atoms. The zero-order chi connectivity index (χ0) is 21.4. The third-order valence-electron chi connectivity index (χ3n) is 3.98. The van der Waals surface area contributed by atoms with Crippen LogP contribution >= 0.6 is 0 Å². The first-order chi connectivity index (χ1) is 12.3. The van der Waals surface area contributed by atoms with Gasteiger partial charge in [-0.25, -0.2) is 0 Å². The van der Waals surface area contributed by atoms with Crippen molar-refractivity contribution >= 4 is 23.8 Å². The molecule has 156 valence electrons. The SMILES string of the molecule is C[C@@H](O)CC(=O)O[C@@H](C(=O)NCCC(N)=O)C(C)(C)CC(C(=O)O)[C@@H](C)O. The van der Waals surface area contributed by atoms with Crippen molar-refractivity contribution in [2.45, 2.75) is 65.3 Å². The van der Waals surface area contributed by atoms with Gasteiger partial charge >= 0.3 is 11.9 Å². The second kappa shape index (κ2) is 10.8. The van der Waals surface area contributed by atoms with Crippen LogP contribution in [0.15, 0.2) is 0 Å². The van der Waals surface area contributed by atoms with Gasteiger partial charge < -0.3 is 31.1 Å². The summed E-state index contributed by atoms with van der Waals surface area (Å²) in [5.74, 6) is -4.62. The van der Waals surface area contributed by atoms with Crippen LogP contribution in [0.4, 0.5) is 0 Å². The molecule has 4 atom stereocenters. The molecule has 0 saturated heterocycles. The molecule has 0 aliphatic rings. The summed E-state index contributed by atoms with van der Waals surface area (Å²) in [4.78, 5) is 46.6. The minimum Gasteiger partial charge on any atom is -0.481 e. The van der Waals surface area contributed by atoms with Gasteiger partial charge in [-0.3, -0.25) is 19.2 Å². The summed E-state index contributed by atoms with van der Waals surface area (Å²) < 4.78 is 5.20. The molecule has 1 unspecified atom stereocenters. The maximum absolute atomic E-state index is 12.5. The Morgan fingerprint density at radius 2 is 1.70 bits per heavy atom.